The number of benzene rings is 1. The van der Waals surface area contributed by atoms with Crippen molar-refractivity contribution in [1.82, 2.24) is 15.3 Å². The summed E-state index contributed by atoms with van der Waals surface area (Å²) in [5, 5.41) is 2.49. The number of carbonyl (C=O) groups is 2. The number of carbonyl (C=O) groups excluding carboxylic acids is 2. The minimum atomic E-state index is -4.95. The smallest absolute Gasteiger partial charge is 0.406 e. The number of aromatic nitrogens is 2. The van der Waals surface area contributed by atoms with Crippen molar-refractivity contribution in [1.29, 1.82) is 0 Å². The van der Waals surface area contributed by atoms with Crippen molar-refractivity contribution in [2.45, 2.75) is 56.2 Å². The Labute approximate surface area is 195 Å². The Morgan fingerprint density at radius 2 is 1.69 bits per heavy atom. The van der Waals surface area contributed by atoms with Crippen LogP contribution in [-0.2, 0) is 15.1 Å². The Hall–Kier alpha value is -3.38. The van der Waals surface area contributed by atoms with Crippen LogP contribution in [0.15, 0.2) is 43.0 Å². The molecule has 2 amide bonds. The van der Waals surface area contributed by atoms with Gasteiger partial charge in [0.05, 0.1) is 5.92 Å². The molecular formula is C22H20F6N4O3. The molecule has 13 heteroatoms. The number of alkyl halides is 6. The van der Waals surface area contributed by atoms with Crippen molar-refractivity contribution >= 4 is 17.5 Å². The van der Waals surface area contributed by atoms with Crippen molar-refractivity contribution in [2.24, 2.45) is 5.92 Å². The van der Waals surface area contributed by atoms with Gasteiger partial charge in [-0.1, -0.05) is 0 Å². The van der Waals surface area contributed by atoms with Crippen LogP contribution in [0.5, 0.6) is 5.75 Å². The van der Waals surface area contributed by atoms with E-state index in [4.69, 9.17) is 0 Å². The van der Waals surface area contributed by atoms with Crippen LogP contribution in [0.4, 0.5) is 32.0 Å². The molecule has 0 spiro atoms. The maximum Gasteiger partial charge on any atom is 0.573 e. The molecule has 1 unspecified atom stereocenters. The van der Waals surface area contributed by atoms with Crippen LogP contribution >= 0.6 is 0 Å². The second-order valence-corrected chi connectivity index (χ2v) is 8.71. The minimum Gasteiger partial charge on any atom is -0.406 e. The van der Waals surface area contributed by atoms with Crippen LogP contribution in [0, 0.1) is 5.92 Å². The number of hydrogen-bond acceptors (Lipinski definition) is 5. The van der Waals surface area contributed by atoms with Gasteiger partial charge in [0.15, 0.2) is 5.54 Å². The van der Waals surface area contributed by atoms with E-state index < -0.39 is 66.4 Å². The Bertz CT molecular complexity index is 1090. The average Bonchev–Trinajstić information content (AvgIpc) is 3.49. The molecule has 2 saturated carbocycles. The van der Waals surface area contributed by atoms with Crippen molar-refractivity contribution in [3.63, 3.8) is 0 Å². The molecule has 0 radical (unpaired) electrons. The van der Waals surface area contributed by atoms with Gasteiger partial charge in [0, 0.05) is 42.5 Å². The summed E-state index contributed by atoms with van der Waals surface area (Å²) >= 11 is 0. The highest BCUT2D eigenvalue weighted by molar-refractivity contribution is 6.06. The van der Waals surface area contributed by atoms with Gasteiger partial charge in [0.1, 0.15) is 18.2 Å². The second kappa shape index (κ2) is 8.68. The largest absolute Gasteiger partial charge is 0.573 e. The van der Waals surface area contributed by atoms with Crippen LogP contribution in [0.25, 0.3) is 0 Å². The number of hydrogen-bond donors (Lipinski definition) is 1. The lowest BCUT2D eigenvalue weighted by Gasteiger charge is -2.43. The molecule has 2 aliphatic rings. The van der Waals surface area contributed by atoms with E-state index in [0.29, 0.717) is 0 Å². The minimum absolute atomic E-state index is 0.0379. The van der Waals surface area contributed by atoms with Gasteiger partial charge in [-0.3, -0.25) is 14.5 Å². The van der Waals surface area contributed by atoms with Crippen molar-refractivity contribution < 1.29 is 40.7 Å². The average molecular weight is 502 g/mol. The maximum absolute atomic E-state index is 13.9. The number of nitrogens with zero attached hydrogens (tertiary/aromatic N) is 3. The predicted octanol–water partition coefficient (Wildman–Crippen LogP) is 3.90. The van der Waals surface area contributed by atoms with Gasteiger partial charge in [0.2, 0.25) is 5.91 Å². The summed E-state index contributed by atoms with van der Waals surface area (Å²) in [7, 11) is 0. The zero-order chi connectivity index (χ0) is 25.6. The molecule has 0 saturated heterocycles. The highest BCUT2D eigenvalue weighted by Gasteiger charge is 2.54. The monoisotopic (exact) mass is 502 g/mol. The number of amides is 2. The number of nitrogens with one attached hydrogen (secondary N) is 1. The first-order valence-electron chi connectivity index (χ1n) is 10.6. The quantitative estimate of drug-likeness (QED) is 0.581. The predicted molar refractivity (Wildman–Crippen MR) is 109 cm³/mol. The molecule has 1 heterocycles. The molecule has 2 fully saturated rings. The topological polar surface area (TPSA) is 84.4 Å². The molecule has 4 rings (SSSR count). The Morgan fingerprint density at radius 3 is 2.17 bits per heavy atom. The van der Waals surface area contributed by atoms with Gasteiger partial charge in [0.25, 0.3) is 11.8 Å². The Morgan fingerprint density at radius 1 is 1.11 bits per heavy atom. The van der Waals surface area contributed by atoms with Gasteiger partial charge >= 0.3 is 6.36 Å². The van der Waals surface area contributed by atoms with Crippen LogP contribution in [0.2, 0.25) is 0 Å². The van der Waals surface area contributed by atoms with E-state index in [2.05, 4.69) is 20.0 Å². The van der Waals surface area contributed by atoms with E-state index in [1.807, 2.05) is 0 Å². The lowest BCUT2D eigenvalue weighted by atomic mass is 9.85. The Kier molecular flexibility index (Phi) is 6.14. The summed E-state index contributed by atoms with van der Waals surface area (Å²) in [6, 6.07) is 3.24. The van der Waals surface area contributed by atoms with E-state index in [1.54, 1.807) is 0 Å². The van der Waals surface area contributed by atoms with E-state index in [9.17, 15) is 35.9 Å². The zero-order valence-electron chi connectivity index (χ0n) is 18.2. The first-order chi connectivity index (χ1) is 16.3. The molecule has 0 bridgehead atoms. The molecular weight excluding hydrogens is 482 g/mol. The highest BCUT2D eigenvalue weighted by Crippen LogP contribution is 2.43. The first-order valence-corrected chi connectivity index (χ1v) is 10.6. The SMILES string of the molecule is C[C@@](C(=O)NC1CC(F)(F)C1)(c1cncnc1)N(C(=O)C1C[C@H]1F)c1ccc(OC(F)(F)F)cc1. The third-order valence-electron chi connectivity index (χ3n) is 6.02. The number of rotatable bonds is 7. The molecule has 1 aromatic carbocycles. The van der Waals surface area contributed by atoms with Crippen molar-refractivity contribution in [3.8, 4) is 5.75 Å². The molecule has 2 aromatic rings. The molecule has 3 atom stereocenters. The molecule has 188 valence electrons. The van der Waals surface area contributed by atoms with Crippen molar-refractivity contribution in [3.05, 3.63) is 48.5 Å². The molecule has 0 aliphatic heterocycles. The summed E-state index contributed by atoms with van der Waals surface area (Å²) in [5.74, 6) is -6.24. The fourth-order valence-electron chi connectivity index (χ4n) is 3.99. The molecule has 7 nitrogen and oxygen atoms in total. The molecule has 2 aliphatic carbocycles. The standard InChI is InChI=1S/C22H20F6N4O3/c1-20(12-9-29-11-30-10-12,19(34)31-13-7-21(24,25)8-13)32(18(33)16-6-17(16)23)14-2-4-15(5-3-14)35-22(26,27)28/h2-5,9-11,13,16-17H,6-8H2,1H3,(H,31,34)/t16?,17-,20+/m1/s1. The van der Waals surface area contributed by atoms with Crippen LogP contribution < -0.4 is 15.0 Å². The second-order valence-electron chi connectivity index (χ2n) is 8.71. The van der Waals surface area contributed by atoms with Gasteiger partial charge in [-0.25, -0.2) is 23.1 Å². The molecule has 1 N–H and O–H groups in total. The summed E-state index contributed by atoms with van der Waals surface area (Å²) < 4.78 is 82.2. The van der Waals surface area contributed by atoms with Crippen LogP contribution in [0.3, 0.4) is 0 Å². The lowest BCUT2D eigenvalue weighted by molar-refractivity contribution is -0.274. The van der Waals surface area contributed by atoms with E-state index in [0.717, 1.165) is 29.2 Å². The van der Waals surface area contributed by atoms with E-state index in [-0.39, 0.29) is 17.7 Å². The molecule has 1 aromatic heterocycles. The van der Waals surface area contributed by atoms with Crippen molar-refractivity contribution in [2.75, 3.05) is 4.90 Å². The van der Waals surface area contributed by atoms with Gasteiger partial charge in [-0.05, 0) is 37.6 Å². The maximum atomic E-state index is 13.9. The van der Waals surface area contributed by atoms with Gasteiger partial charge in [-0.15, -0.1) is 13.2 Å². The first kappa shape index (κ1) is 24.7. The fourth-order valence-corrected chi connectivity index (χ4v) is 3.99. The summed E-state index contributed by atoms with van der Waals surface area (Å²) in [6.45, 7) is 1.31. The van der Waals surface area contributed by atoms with E-state index in [1.165, 1.54) is 25.6 Å². The third kappa shape index (κ3) is 5.17. The lowest BCUT2D eigenvalue weighted by Crippen LogP contribution is -2.61. The van der Waals surface area contributed by atoms with Gasteiger partial charge in [-0.2, -0.15) is 0 Å². The summed E-state index contributed by atoms with van der Waals surface area (Å²) in [6.07, 6.45) is -4.04. The normalized spacial score (nSPS) is 22.9. The number of anilines is 1. The summed E-state index contributed by atoms with van der Waals surface area (Å²) in [5.41, 5.74) is -1.90. The van der Waals surface area contributed by atoms with Crippen LogP contribution in [0.1, 0.15) is 31.7 Å². The molecule has 35 heavy (non-hydrogen) atoms. The Balaban J connectivity index is 1.75. The van der Waals surface area contributed by atoms with E-state index >= 15 is 0 Å². The summed E-state index contributed by atoms with van der Waals surface area (Å²) in [4.78, 5) is 35.5. The zero-order valence-corrected chi connectivity index (χ0v) is 18.2. The number of ether oxygens (including phenoxy) is 1. The number of halogens is 6. The third-order valence-corrected chi connectivity index (χ3v) is 6.02. The fraction of sp³-hybridized carbons (Fsp3) is 0.455. The van der Waals surface area contributed by atoms with Crippen LogP contribution in [-0.4, -0.2) is 46.3 Å². The highest BCUT2D eigenvalue weighted by atomic mass is 19.4. The van der Waals surface area contributed by atoms with Gasteiger partial charge < -0.3 is 10.1 Å².